The van der Waals surface area contributed by atoms with Gasteiger partial charge >= 0.3 is 0 Å². The molecule has 1 aromatic rings. The van der Waals surface area contributed by atoms with E-state index in [4.69, 9.17) is 4.42 Å². The van der Waals surface area contributed by atoms with E-state index >= 15 is 0 Å². The Morgan fingerprint density at radius 2 is 2.00 bits per heavy atom. The van der Waals surface area contributed by atoms with E-state index in [1.807, 2.05) is 27.7 Å². The molecule has 5 heteroatoms. The Kier molecular flexibility index (Phi) is 7.15. The van der Waals surface area contributed by atoms with Crippen molar-refractivity contribution in [3.63, 3.8) is 0 Å². The predicted octanol–water partition coefficient (Wildman–Crippen LogP) is 3.05. The Balaban J connectivity index is 2.78. The standard InChI is InChI=1S/C17H28N2O3/c1-6-9-18-16(20)8-10-19(12(3)7-2)17(21)15-11-13(4)22-14(15)5/h11-12H,6-10H2,1-5H3,(H,18,20)/t12-/m1/s1. The molecule has 0 aliphatic heterocycles. The van der Waals surface area contributed by atoms with Crippen molar-refractivity contribution in [3.8, 4) is 0 Å². The molecule has 0 aromatic carbocycles. The highest BCUT2D eigenvalue weighted by Crippen LogP contribution is 2.18. The fourth-order valence-corrected chi connectivity index (χ4v) is 2.32. The van der Waals surface area contributed by atoms with Gasteiger partial charge in [-0.15, -0.1) is 0 Å². The second-order valence-corrected chi connectivity index (χ2v) is 5.68. The number of hydrogen-bond acceptors (Lipinski definition) is 3. The molecule has 1 rings (SSSR count). The molecule has 0 radical (unpaired) electrons. The van der Waals surface area contributed by atoms with Crippen LogP contribution in [0.3, 0.4) is 0 Å². The quantitative estimate of drug-likeness (QED) is 0.803. The summed E-state index contributed by atoms with van der Waals surface area (Å²) in [5.74, 6) is 1.28. The number of aryl methyl sites for hydroxylation is 2. The van der Waals surface area contributed by atoms with Gasteiger partial charge in [0.1, 0.15) is 11.5 Å². The van der Waals surface area contributed by atoms with Crippen LogP contribution >= 0.6 is 0 Å². The number of carbonyl (C=O) groups is 2. The molecule has 0 bridgehead atoms. The molecule has 1 N–H and O–H groups in total. The summed E-state index contributed by atoms with van der Waals surface area (Å²) in [6, 6.07) is 1.85. The molecule has 0 saturated carbocycles. The van der Waals surface area contributed by atoms with Crippen LogP contribution in [-0.4, -0.2) is 35.8 Å². The number of hydrogen-bond donors (Lipinski definition) is 1. The second-order valence-electron chi connectivity index (χ2n) is 5.68. The highest BCUT2D eigenvalue weighted by molar-refractivity contribution is 5.95. The summed E-state index contributed by atoms with van der Waals surface area (Å²) in [6.45, 7) is 10.8. The molecule has 0 saturated heterocycles. The van der Waals surface area contributed by atoms with Crippen molar-refractivity contribution in [3.05, 3.63) is 23.2 Å². The molecule has 2 amide bonds. The van der Waals surface area contributed by atoms with Gasteiger partial charge in [0, 0.05) is 25.6 Å². The smallest absolute Gasteiger partial charge is 0.257 e. The average Bonchev–Trinajstić information content (AvgIpc) is 2.83. The maximum atomic E-state index is 12.7. The first-order chi connectivity index (χ1) is 10.4. The van der Waals surface area contributed by atoms with Crippen molar-refractivity contribution in [1.29, 1.82) is 0 Å². The van der Waals surface area contributed by atoms with E-state index in [0.29, 0.717) is 30.8 Å². The SMILES string of the molecule is CCCNC(=O)CCN(C(=O)c1cc(C)oc1C)[C@H](C)CC. The van der Waals surface area contributed by atoms with E-state index in [1.54, 1.807) is 17.9 Å². The Bertz CT molecular complexity index is 508. The minimum atomic E-state index is -0.0630. The van der Waals surface area contributed by atoms with Gasteiger partial charge in [-0.05, 0) is 39.7 Å². The van der Waals surface area contributed by atoms with Crippen molar-refractivity contribution < 1.29 is 14.0 Å². The summed E-state index contributed by atoms with van der Waals surface area (Å²) >= 11 is 0. The fourth-order valence-electron chi connectivity index (χ4n) is 2.32. The molecule has 0 aliphatic rings. The summed E-state index contributed by atoms with van der Waals surface area (Å²) < 4.78 is 5.45. The number of carbonyl (C=O) groups excluding carboxylic acids is 2. The van der Waals surface area contributed by atoms with Crippen LogP contribution in [0.15, 0.2) is 10.5 Å². The van der Waals surface area contributed by atoms with Crippen molar-refractivity contribution in [2.45, 2.75) is 59.9 Å². The lowest BCUT2D eigenvalue weighted by molar-refractivity contribution is -0.121. The first kappa shape index (κ1) is 18.3. The van der Waals surface area contributed by atoms with Gasteiger partial charge < -0.3 is 14.6 Å². The van der Waals surface area contributed by atoms with E-state index in [1.165, 1.54) is 0 Å². The summed E-state index contributed by atoms with van der Waals surface area (Å²) in [6.07, 6.45) is 2.08. The van der Waals surface area contributed by atoms with Crippen LogP contribution in [0, 0.1) is 13.8 Å². The minimum absolute atomic E-state index is 0.0111. The molecule has 1 heterocycles. The highest BCUT2D eigenvalue weighted by atomic mass is 16.3. The summed E-state index contributed by atoms with van der Waals surface area (Å²) in [5.41, 5.74) is 0.590. The molecule has 5 nitrogen and oxygen atoms in total. The van der Waals surface area contributed by atoms with Crippen molar-refractivity contribution in [2.75, 3.05) is 13.1 Å². The van der Waals surface area contributed by atoms with Crippen LogP contribution in [0.5, 0.6) is 0 Å². The maximum Gasteiger partial charge on any atom is 0.257 e. The number of amides is 2. The van der Waals surface area contributed by atoms with Crippen LogP contribution < -0.4 is 5.32 Å². The predicted molar refractivity (Wildman–Crippen MR) is 86.9 cm³/mol. The van der Waals surface area contributed by atoms with Gasteiger partial charge in [-0.3, -0.25) is 9.59 Å². The molecule has 1 aromatic heterocycles. The Hall–Kier alpha value is -1.78. The van der Waals surface area contributed by atoms with Crippen LogP contribution in [0.25, 0.3) is 0 Å². The van der Waals surface area contributed by atoms with Gasteiger partial charge in [-0.2, -0.15) is 0 Å². The maximum absolute atomic E-state index is 12.7. The molecular weight excluding hydrogens is 280 g/mol. The van der Waals surface area contributed by atoms with Crippen LogP contribution in [0.2, 0.25) is 0 Å². The van der Waals surface area contributed by atoms with Crippen molar-refractivity contribution in [2.24, 2.45) is 0 Å². The highest BCUT2D eigenvalue weighted by Gasteiger charge is 2.24. The number of nitrogens with zero attached hydrogens (tertiary/aromatic N) is 1. The zero-order chi connectivity index (χ0) is 16.7. The first-order valence-electron chi connectivity index (χ1n) is 8.05. The molecule has 1 atom stereocenters. The lowest BCUT2D eigenvalue weighted by Crippen LogP contribution is -2.41. The number of nitrogens with one attached hydrogen (secondary N) is 1. The van der Waals surface area contributed by atoms with Gasteiger partial charge in [0.25, 0.3) is 5.91 Å². The largest absolute Gasteiger partial charge is 0.466 e. The molecule has 0 fully saturated rings. The van der Waals surface area contributed by atoms with E-state index in [2.05, 4.69) is 5.32 Å². The monoisotopic (exact) mass is 308 g/mol. The van der Waals surface area contributed by atoms with Gasteiger partial charge in [-0.1, -0.05) is 13.8 Å². The number of furan rings is 1. The normalized spacial score (nSPS) is 12.0. The molecule has 0 unspecified atom stereocenters. The van der Waals surface area contributed by atoms with Crippen LogP contribution in [0.1, 0.15) is 61.9 Å². The molecule has 22 heavy (non-hydrogen) atoms. The van der Waals surface area contributed by atoms with E-state index in [-0.39, 0.29) is 17.9 Å². The number of rotatable bonds is 8. The molecular formula is C17H28N2O3. The van der Waals surface area contributed by atoms with E-state index in [0.717, 1.165) is 18.6 Å². The molecule has 124 valence electrons. The van der Waals surface area contributed by atoms with E-state index < -0.39 is 0 Å². The minimum Gasteiger partial charge on any atom is -0.466 e. The third kappa shape index (κ3) is 4.90. The fraction of sp³-hybridized carbons (Fsp3) is 0.647. The van der Waals surface area contributed by atoms with Gasteiger partial charge in [0.15, 0.2) is 0 Å². The van der Waals surface area contributed by atoms with Crippen LogP contribution in [-0.2, 0) is 4.79 Å². The van der Waals surface area contributed by atoms with Gasteiger partial charge in [0.05, 0.1) is 5.56 Å². The molecule has 0 spiro atoms. The zero-order valence-electron chi connectivity index (χ0n) is 14.4. The lowest BCUT2D eigenvalue weighted by Gasteiger charge is -2.28. The van der Waals surface area contributed by atoms with E-state index in [9.17, 15) is 9.59 Å². The second kappa shape index (κ2) is 8.61. The Labute approximate surface area is 133 Å². The van der Waals surface area contributed by atoms with Gasteiger partial charge in [-0.25, -0.2) is 0 Å². The van der Waals surface area contributed by atoms with Crippen molar-refractivity contribution >= 4 is 11.8 Å². The zero-order valence-corrected chi connectivity index (χ0v) is 14.4. The Morgan fingerprint density at radius 1 is 1.32 bits per heavy atom. The summed E-state index contributed by atoms with van der Waals surface area (Å²) in [7, 11) is 0. The van der Waals surface area contributed by atoms with Crippen LogP contribution in [0.4, 0.5) is 0 Å². The third-order valence-corrected chi connectivity index (χ3v) is 3.81. The lowest BCUT2D eigenvalue weighted by atomic mass is 10.1. The Morgan fingerprint density at radius 3 is 2.50 bits per heavy atom. The summed E-state index contributed by atoms with van der Waals surface area (Å²) in [4.78, 5) is 26.3. The first-order valence-corrected chi connectivity index (χ1v) is 8.05. The van der Waals surface area contributed by atoms with Crippen molar-refractivity contribution in [1.82, 2.24) is 10.2 Å². The summed E-state index contributed by atoms with van der Waals surface area (Å²) in [5, 5.41) is 2.84. The average molecular weight is 308 g/mol. The third-order valence-electron chi connectivity index (χ3n) is 3.81. The topological polar surface area (TPSA) is 62.6 Å². The van der Waals surface area contributed by atoms with Gasteiger partial charge in [0.2, 0.25) is 5.91 Å². The molecule has 0 aliphatic carbocycles.